The molecule has 1 aromatic carbocycles. The summed E-state index contributed by atoms with van der Waals surface area (Å²) in [5.74, 6) is 0.365. The molecule has 26 heavy (non-hydrogen) atoms. The molecule has 0 aliphatic carbocycles. The van der Waals surface area contributed by atoms with Crippen LogP contribution >= 0.6 is 0 Å². The Morgan fingerprint density at radius 2 is 2.12 bits per heavy atom. The Kier molecular flexibility index (Phi) is 4.39. The van der Waals surface area contributed by atoms with Crippen LogP contribution in [0, 0.1) is 0 Å². The number of fused-ring (bicyclic) bond motifs is 1. The number of piperidine rings is 1. The number of nitrogens with zero attached hydrogens (tertiary/aromatic N) is 3. The number of carbonyl (C=O) groups excluding carboxylic acids is 2. The third kappa shape index (κ3) is 3.44. The summed E-state index contributed by atoms with van der Waals surface area (Å²) < 4.78 is 4.97. The number of urea groups is 1. The van der Waals surface area contributed by atoms with Crippen molar-refractivity contribution >= 4 is 23.6 Å². The van der Waals surface area contributed by atoms with Gasteiger partial charge in [0.25, 0.3) is 0 Å². The van der Waals surface area contributed by atoms with Crippen LogP contribution in [-0.2, 0) is 11.3 Å². The number of ether oxygens (including phenoxy) is 1. The number of cyclic esters (lactones) is 1. The van der Waals surface area contributed by atoms with Crippen LogP contribution in [0.25, 0.3) is 0 Å². The zero-order chi connectivity index (χ0) is 17.9. The van der Waals surface area contributed by atoms with Crippen LogP contribution in [-0.4, -0.2) is 41.1 Å². The Balaban J connectivity index is 1.35. The van der Waals surface area contributed by atoms with Crippen LogP contribution in [0.3, 0.4) is 0 Å². The number of hydrogen-bond donors (Lipinski definition) is 2. The number of esters is 1. The summed E-state index contributed by atoms with van der Waals surface area (Å²) in [7, 11) is 0. The van der Waals surface area contributed by atoms with E-state index in [1.54, 1.807) is 36.7 Å². The quantitative estimate of drug-likeness (QED) is 0.819. The van der Waals surface area contributed by atoms with Gasteiger partial charge in [0.1, 0.15) is 6.61 Å². The third-order valence-electron chi connectivity index (χ3n) is 4.53. The number of carbonyl (C=O) groups is 2. The van der Waals surface area contributed by atoms with Gasteiger partial charge < -0.3 is 20.3 Å². The average molecular weight is 353 g/mol. The molecule has 134 valence electrons. The van der Waals surface area contributed by atoms with Gasteiger partial charge in [-0.2, -0.15) is 0 Å². The summed E-state index contributed by atoms with van der Waals surface area (Å²) >= 11 is 0. The number of amides is 2. The second kappa shape index (κ2) is 6.99. The van der Waals surface area contributed by atoms with Crippen molar-refractivity contribution in [1.29, 1.82) is 0 Å². The predicted molar refractivity (Wildman–Crippen MR) is 95.0 cm³/mol. The molecule has 0 radical (unpaired) electrons. The Bertz CT molecular complexity index is 827. The van der Waals surface area contributed by atoms with Crippen molar-refractivity contribution in [3.8, 4) is 0 Å². The second-order valence-corrected chi connectivity index (χ2v) is 6.38. The first-order chi connectivity index (χ1) is 12.7. The van der Waals surface area contributed by atoms with Crippen molar-refractivity contribution in [2.45, 2.75) is 25.5 Å². The Hall–Kier alpha value is -3.16. The van der Waals surface area contributed by atoms with E-state index in [4.69, 9.17) is 4.74 Å². The van der Waals surface area contributed by atoms with Crippen molar-refractivity contribution in [3.05, 3.63) is 47.8 Å². The maximum absolute atomic E-state index is 12.3. The van der Waals surface area contributed by atoms with E-state index in [1.165, 1.54) is 0 Å². The van der Waals surface area contributed by atoms with Gasteiger partial charge in [-0.25, -0.2) is 19.6 Å². The van der Waals surface area contributed by atoms with Crippen LogP contribution in [0.15, 0.2) is 36.7 Å². The smallest absolute Gasteiger partial charge is 0.338 e. The number of aromatic nitrogens is 2. The molecule has 1 saturated heterocycles. The van der Waals surface area contributed by atoms with E-state index in [0.717, 1.165) is 24.9 Å². The van der Waals surface area contributed by atoms with Crippen molar-refractivity contribution in [2.24, 2.45) is 0 Å². The maximum atomic E-state index is 12.3. The van der Waals surface area contributed by atoms with Crippen molar-refractivity contribution in [3.63, 3.8) is 0 Å². The van der Waals surface area contributed by atoms with E-state index in [1.807, 2.05) is 0 Å². The van der Waals surface area contributed by atoms with Crippen LogP contribution in [0.1, 0.15) is 28.8 Å². The molecule has 2 aliphatic rings. The number of hydrogen-bond acceptors (Lipinski definition) is 6. The van der Waals surface area contributed by atoms with Gasteiger partial charge in [-0.3, -0.25) is 0 Å². The third-order valence-corrected chi connectivity index (χ3v) is 4.53. The van der Waals surface area contributed by atoms with Gasteiger partial charge in [0, 0.05) is 42.8 Å². The highest BCUT2D eigenvalue weighted by Gasteiger charge is 2.24. The van der Waals surface area contributed by atoms with Gasteiger partial charge in [-0.05, 0) is 37.1 Å². The number of nitrogens with one attached hydrogen (secondary N) is 2. The molecule has 0 saturated carbocycles. The fraction of sp³-hybridized carbons (Fsp3) is 0.333. The van der Waals surface area contributed by atoms with E-state index in [2.05, 4.69) is 25.5 Å². The SMILES string of the molecule is O=C(Nc1ccc2c(c1)COC2=O)NC1CCCN(c2ncccn2)C1. The maximum Gasteiger partial charge on any atom is 0.338 e. The van der Waals surface area contributed by atoms with Crippen LogP contribution < -0.4 is 15.5 Å². The summed E-state index contributed by atoms with van der Waals surface area (Å²) in [5, 5.41) is 5.82. The lowest BCUT2D eigenvalue weighted by Crippen LogP contribution is -2.49. The number of anilines is 2. The molecule has 0 spiro atoms. The Morgan fingerprint density at radius 1 is 1.27 bits per heavy atom. The van der Waals surface area contributed by atoms with Gasteiger partial charge in [-0.15, -0.1) is 0 Å². The first kappa shape index (κ1) is 16.3. The van der Waals surface area contributed by atoms with Crippen molar-refractivity contribution in [2.75, 3.05) is 23.3 Å². The normalized spacial score (nSPS) is 18.8. The molecule has 2 N–H and O–H groups in total. The van der Waals surface area contributed by atoms with Crippen LogP contribution in [0.5, 0.6) is 0 Å². The summed E-state index contributed by atoms with van der Waals surface area (Å²) in [6.07, 6.45) is 5.30. The second-order valence-electron chi connectivity index (χ2n) is 6.38. The van der Waals surface area contributed by atoms with E-state index in [-0.39, 0.29) is 24.6 Å². The molecule has 0 bridgehead atoms. The van der Waals surface area contributed by atoms with Crippen molar-refractivity contribution < 1.29 is 14.3 Å². The fourth-order valence-electron chi connectivity index (χ4n) is 3.29. The largest absolute Gasteiger partial charge is 0.457 e. The highest BCUT2D eigenvalue weighted by Crippen LogP contribution is 2.23. The molecule has 4 rings (SSSR count). The molecule has 1 fully saturated rings. The molecule has 3 heterocycles. The first-order valence-electron chi connectivity index (χ1n) is 8.58. The Morgan fingerprint density at radius 3 is 2.96 bits per heavy atom. The lowest BCUT2D eigenvalue weighted by atomic mass is 10.1. The molecular formula is C18H19N5O3. The Labute approximate surface area is 150 Å². The molecule has 2 aromatic rings. The number of rotatable bonds is 3. The van der Waals surface area contributed by atoms with Gasteiger partial charge >= 0.3 is 12.0 Å². The average Bonchev–Trinajstić information content (AvgIpc) is 3.03. The molecule has 2 amide bonds. The first-order valence-corrected chi connectivity index (χ1v) is 8.58. The summed E-state index contributed by atoms with van der Waals surface area (Å²) in [6.45, 7) is 1.80. The molecule has 8 nitrogen and oxygen atoms in total. The van der Waals surface area contributed by atoms with Gasteiger partial charge in [0.05, 0.1) is 5.56 Å². The molecule has 1 aromatic heterocycles. The monoisotopic (exact) mass is 353 g/mol. The van der Waals surface area contributed by atoms with E-state index in [0.29, 0.717) is 23.7 Å². The predicted octanol–water partition coefficient (Wildman–Crippen LogP) is 1.94. The van der Waals surface area contributed by atoms with Gasteiger partial charge in [-0.1, -0.05) is 0 Å². The summed E-state index contributed by atoms with van der Waals surface area (Å²) in [4.78, 5) is 34.4. The lowest BCUT2D eigenvalue weighted by molar-refractivity contribution is 0.0535. The highest BCUT2D eigenvalue weighted by atomic mass is 16.5. The zero-order valence-corrected chi connectivity index (χ0v) is 14.1. The van der Waals surface area contributed by atoms with Crippen LogP contribution in [0.2, 0.25) is 0 Å². The fourth-order valence-corrected chi connectivity index (χ4v) is 3.29. The van der Waals surface area contributed by atoms with E-state index in [9.17, 15) is 9.59 Å². The minimum atomic E-state index is -0.318. The minimum Gasteiger partial charge on any atom is -0.457 e. The zero-order valence-electron chi connectivity index (χ0n) is 14.1. The van der Waals surface area contributed by atoms with Gasteiger partial charge in [0.15, 0.2) is 0 Å². The summed E-state index contributed by atoms with van der Waals surface area (Å²) in [5.41, 5.74) is 1.98. The van der Waals surface area contributed by atoms with Crippen LogP contribution in [0.4, 0.5) is 16.4 Å². The number of benzene rings is 1. The van der Waals surface area contributed by atoms with Crippen molar-refractivity contribution in [1.82, 2.24) is 15.3 Å². The minimum absolute atomic E-state index is 0.0203. The molecule has 8 heteroatoms. The highest BCUT2D eigenvalue weighted by molar-refractivity contribution is 5.95. The van der Waals surface area contributed by atoms with E-state index >= 15 is 0 Å². The molecule has 2 aliphatic heterocycles. The topological polar surface area (TPSA) is 96.4 Å². The summed E-state index contributed by atoms with van der Waals surface area (Å²) in [6, 6.07) is 6.69. The molecule has 1 unspecified atom stereocenters. The molecular weight excluding hydrogens is 334 g/mol. The van der Waals surface area contributed by atoms with E-state index < -0.39 is 0 Å². The molecule has 1 atom stereocenters. The lowest BCUT2D eigenvalue weighted by Gasteiger charge is -2.33. The van der Waals surface area contributed by atoms with Gasteiger partial charge in [0.2, 0.25) is 5.95 Å². The standard InChI is InChI=1S/C18H19N5O3/c24-16-15-5-4-13(9-12(15)11-26-16)21-18(25)22-14-3-1-8-23(10-14)17-19-6-2-7-20-17/h2,4-7,9,14H,1,3,8,10-11H2,(H2,21,22,25).